The van der Waals surface area contributed by atoms with Gasteiger partial charge in [0, 0.05) is 17.0 Å². The normalized spacial score (nSPS) is 17.1. The molecule has 1 atom stereocenters. The van der Waals surface area contributed by atoms with E-state index in [9.17, 15) is 5.26 Å². The molecule has 5 heteroatoms. The summed E-state index contributed by atoms with van der Waals surface area (Å²) < 4.78 is 0. The first kappa shape index (κ1) is 13.4. The molecule has 0 fully saturated rings. The van der Waals surface area contributed by atoms with Crippen LogP contribution in [0.15, 0.2) is 35.7 Å². The Bertz CT molecular complexity index is 735. The Morgan fingerprint density at radius 2 is 2.24 bits per heavy atom. The van der Waals surface area contributed by atoms with E-state index in [1.165, 1.54) is 0 Å². The highest BCUT2D eigenvalue weighted by Crippen LogP contribution is 2.40. The highest BCUT2D eigenvalue weighted by Gasteiger charge is 2.31. The Morgan fingerprint density at radius 1 is 1.38 bits per heavy atom. The molecule has 0 bridgehead atoms. The van der Waals surface area contributed by atoms with E-state index in [-0.39, 0.29) is 5.92 Å². The van der Waals surface area contributed by atoms with Crippen molar-refractivity contribution in [2.75, 3.05) is 5.32 Å². The number of anilines is 1. The van der Waals surface area contributed by atoms with E-state index in [1.807, 2.05) is 25.1 Å². The summed E-state index contributed by atoms with van der Waals surface area (Å²) in [6.45, 7) is 4.07. The molecule has 1 aliphatic rings. The molecule has 0 amide bonds. The van der Waals surface area contributed by atoms with Crippen LogP contribution >= 0.6 is 0 Å². The Labute approximate surface area is 123 Å². The van der Waals surface area contributed by atoms with E-state index < -0.39 is 0 Å². The van der Waals surface area contributed by atoms with Crippen LogP contribution in [0.4, 0.5) is 5.82 Å². The molecule has 2 N–H and O–H groups in total. The maximum atomic E-state index is 9.65. The summed E-state index contributed by atoms with van der Waals surface area (Å²) >= 11 is 0. The van der Waals surface area contributed by atoms with E-state index in [1.54, 1.807) is 6.20 Å². The maximum Gasteiger partial charge on any atom is 0.129 e. The van der Waals surface area contributed by atoms with Gasteiger partial charge in [-0.25, -0.2) is 0 Å². The number of hydrogen-bond donors (Lipinski definition) is 2. The minimum Gasteiger partial charge on any atom is -0.343 e. The average Bonchev–Trinajstić information content (AvgIpc) is 2.94. The number of aromatic nitrogens is 3. The topological polar surface area (TPSA) is 77.4 Å². The van der Waals surface area contributed by atoms with Gasteiger partial charge in [-0.05, 0) is 25.5 Å². The molecule has 0 aliphatic carbocycles. The number of aromatic amines is 1. The molecule has 0 saturated carbocycles. The van der Waals surface area contributed by atoms with Gasteiger partial charge in [-0.1, -0.05) is 19.4 Å². The third kappa shape index (κ3) is 2.29. The SMILES string of the molecule is CCCC1=C(C#N)C(c2cccc(C)n2)c2cn[nH]c2N1. The lowest BCUT2D eigenvalue weighted by atomic mass is 9.85. The van der Waals surface area contributed by atoms with Gasteiger partial charge < -0.3 is 5.32 Å². The number of nitrogens with zero attached hydrogens (tertiary/aromatic N) is 3. The lowest BCUT2D eigenvalue weighted by molar-refractivity contribution is 0.829. The van der Waals surface area contributed by atoms with E-state index in [0.29, 0.717) is 0 Å². The van der Waals surface area contributed by atoms with E-state index in [0.717, 1.165) is 46.9 Å². The maximum absolute atomic E-state index is 9.65. The van der Waals surface area contributed by atoms with Crippen LogP contribution in [0.1, 0.15) is 42.6 Å². The lowest BCUT2D eigenvalue weighted by Gasteiger charge is -2.25. The fraction of sp³-hybridized carbons (Fsp3) is 0.312. The van der Waals surface area contributed by atoms with Crippen LogP contribution in [-0.2, 0) is 0 Å². The van der Waals surface area contributed by atoms with Crippen molar-refractivity contribution in [1.82, 2.24) is 15.2 Å². The van der Waals surface area contributed by atoms with Crippen LogP contribution in [0.3, 0.4) is 0 Å². The average molecular weight is 279 g/mol. The molecule has 1 aliphatic heterocycles. The molecular weight excluding hydrogens is 262 g/mol. The quantitative estimate of drug-likeness (QED) is 0.904. The van der Waals surface area contributed by atoms with Gasteiger partial charge in [-0.2, -0.15) is 10.4 Å². The highest BCUT2D eigenvalue weighted by molar-refractivity contribution is 5.63. The highest BCUT2D eigenvalue weighted by atomic mass is 15.2. The summed E-state index contributed by atoms with van der Waals surface area (Å²) in [5.74, 6) is 0.720. The summed E-state index contributed by atoms with van der Waals surface area (Å²) in [5, 5.41) is 20.0. The Morgan fingerprint density at radius 3 is 2.95 bits per heavy atom. The molecule has 2 aromatic rings. The minimum absolute atomic E-state index is 0.147. The molecule has 106 valence electrons. The molecule has 0 spiro atoms. The Kier molecular flexibility index (Phi) is 3.44. The van der Waals surface area contributed by atoms with E-state index in [2.05, 4.69) is 33.5 Å². The number of allylic oxidation sites excluding steroid dienone is 2. The molecule has 5 nitrogen and oxygen atoms in total. The van der Waals surface area contributed by atoms with Gasteiger partial charge >= 0.3 is 0 Å². The summed E-state index contributed by atoms with van der Waals surface area (Å²) in [5.41, 5.74) is 4.52. The number of nitrogens with one attached hydrogen (secondary N) is 2. The molecule has 2 aromatic heterocycles. The number of hydrogen-bond acceptors (Lipinski definition) is 4. The van der Waals surface area contributed by atoms with Crippen molar-refractivity contribution < 1.29 is 0 Å². The Balaban J connectivity index is 2.17. The van der Waals surface area contributed by atoms with Crippen molar-refractivity contribution in [3.8, 4) is 6.07 Å². The molecule has 0 aromatic carbocycles. The first-order chi connectivity index (χ1) is 10.2. The molecule has 0 radical (unpaired) electrons. The van der Waals surface area contributed by atoms with Gasteiger partial charge in [0.15, 0.2) is 0 Å². The van der Waals surface area contributed by atoms with E-state index >= 15 is 0 Å². The van der Waals surface area contributed by atoms with Gasteiger partial charge in [0.05, 0.1) is 29.5 Å². The predicted molar refractivity (Wildman–Crippen MR) is 80.6 cm³/mol. The summed E-state index contributed by atoms with van der Waals surface area (Å²) in [7, 11) is 0. The number of aryl methyl sites for hydroxylation is 1. The second kappa shape index (κ2) is 5.41. The lowest BCUT2D eigenvalue weighted by Crippen LogP contribution is -2.18. The van der Waals surface area contributed by atoms with E-state index in [4.69, 9.17) is 0 Å². The Hall–Kier alpha value is -2.61. The van der Waals surface area contributed by atoms with Gasteiger partial charge in [0.1, 0.15) is 5.82 Å². The van der Waals surface area contributed by atoms with Crippen molar-refractivity contribution in [2.24, 2.45) is 0 Å². The third-order valence-electron chi connectivity index (χ3n) is 3.70. The van der Waals surface area contributed by atoms with Crippen LogP contribution in [0.2, 0.25) is 0 Å². The largest absolute Gasteiger partial charge is 0.343 e. The zero-order chi connectivity index (χ0) is 14.8. The van der Waals surface area contributed by atoms with Gasteiger partial charge in [0.2, 0.25) is 0 Å². The summed E-state index contributed by atoms with van der Waals surface area (Å²) in [4.78, 5) is 4.61. The summed E-state index contributed by atoms with van der Waals surface area (Å²) in [6.07, 6.45) is 3.59. The number of fused-ring (bicyclic) bond motifs is 1. The molecular formula is C16H17N5. The second-order valence-electron chi connectivity index (χ2n) is 5.22. The monoisotopic (exact) mass is 279 g/mol. The first-order valence-electron chi connectivity index (χ1n) is 7.11. The van der Waals surface area contributed by atoms with Crippen molar-refractivity contribution in [3.63, 3.8) is 0 Å². The van der Waals surface area contributed by atoms with Gasteiger partial charge in [-0.15, -0.1) is 0 Å². The zero-order valence-corrected chi connectivity index (χ0v) is 12.1. The first-order valence-corrected chi connectivity index (χ1v) is 7.11. The molecule has 0 saturated heterocycles. The molecule has 1 unspecified atom stereocenters. The van der Waals surface area contributed by atoms with Gasteiger partial charge in [-0.3, -0.25) is 10.1 Å². The van der Waals surface area contributed by atoms with Crippen molar-refractivity contribution in [2.45, 2.75) is 32.6 Å². The number of pyridine rings is 1. The summed E-state index contributed by atoms with van der Waals surface area (Å²) in [6, 6.07) is 8.29. The van der Waals surface area contributed by atoms with Crippen molar-refractivity contribution in [1.29, 1.82) is 5.26 Å². The predicted octanol–water partition coefficient (Wildman–Crippen LogP) is 3.25. The van der Waals surface area contributed by atoms with Crippen LogP contribution in [-0.4, -0.2) is 15.2 Å². The fourth-order valence-corrected chi connectivity index (χ4v) is 2.77. The van der Waals surface area contributed by atoms with Crippen LogP contribution in [0.25, 0.3) is 0 Å². The van der Waals surface area contributed by atoms with Crippen molar-refractivity contribution >= 4 is 5.82 Å². The smallest absolute Gasteiger partial charge is 0.129 e. The molecule has 3 heterocycles. The minimum atomic E-state index is -0.147. The number of nitriles is 1. The fourth-order valence-electron chi connectivity index (χ4n) is 2.77. The van der Waals surface area contributed by atoms with Crippen LogP contribution < -0.4 is 5.32 Å². The standard InChI is InChI=1S/C16H17N5/c1-3-5-13-11(8-17)15(12-9-18-21-16(12)20-13)14-7-4-6-10(2)19-14/h4,6-7,9,15H,3,5H2,1-2H3,(H2,18,20,21). The van der Waals surface area contributed by atoms with Crippen LogP contribution in [0, 0.1) is 18.3 Å². The van der Waals surface area contributed by atoms with Crippen molar-refractivity contribution in [3.05, 3.63) is 52.6 Å². The number of rotatable bonds is 3. The van der Waals surface area contributed by atoms with Gasteiger partial charge in [0.25, 0.3) is 0 Å². The van der Waals surface area contributed by atoms with Crippen LogP contribution in [0.5, 0.6) is 0 Å². The zero-order valence-electron chi connectivity index (χ0n) is 12.1. The molecule has 3 rings (SSSR count). The third-order valence-corrected chi connectivity index (χ3v) is 3.70. The number of H-pyrrole nitrogens is 1. The second-order valence-corrected chi connectivity index (χ2v) is 5.22. The molecule has 21 heavy (non-hydrogen) atoms.